The molecule has 0 saturated carbocycles. The average Bonchev–Trinajstić information content (AvgIpc) is 3.48. The predicted octanol–water partition coefficient (Wildman–Crippen LogP) is 5.33. The lowest BCUT2D eigenvalue weighted by Crippen LogP contribution is -2.12. The molecule has 0 N–H and O–H groups in total. The van der Waals surface area contributed by atoms with Gasteiger partial charge < -0.3 is 18.5 Å². The van der Waals surface area contributed by atoms with Crippen LogP contribution in [-0.2, 0) is 6.54 Å². The number of ether oxygens (including phenoxy) is 2. The predicted molar refractivity (Wildman–Crippen MR) is 121 cm³/mol. The van der Waals surface area contributed by atoms with Gasteiger partial charge in [0.25, 0.3) is 0 Å². The van der Waals surface area contributed by atoms with Crippen molar-refractivity contribution in [3.63, 3.8) is 0 Å². The maximum absolute atomic E-state index is 13.2. The Morgan fingerprint density at radius 3 is 2.64 bits per heavy atom. The number of ketones is 1. The van der Waals surface area contributed by atoms with Gasteiger partial charge in [0, 0.05) is 12.4 Å². The SMILES string of the molecule is CC(=O)c1c(OCCn2ccnc2)c(OCCC(C)c2ccc(F)cc2)c2ocnc2c1C. The number of oxazole rings is 1. The van der Waals surface area contributed by atoms with Crippen LogP contribution in [0.3, 0.4) is 0 Å². The van der Waals surface area contributed by atoms with E-state index in [1.165, 1.54) is 25.5 Å². The third kappa shape index (κ3) is 4.89. The van der Waals surface area contributed by atoms with E-state index < -0.39 is 0 Å². The molecule has 0 spiro atoms. The number of Topliss-reactive ketones (excluding diaryl/α,β-unsaturated/α-hetero) is 1. The van der Waals surface area contributed by atoms with E-state index in [1.807, 2.05) is 17.7 Å². The molecule has 33 heavy (non-hydrogen) atoms. The summed E-state index contributed by atoms with van der Waals surface area (Å²) >= 11 is 0. The number of nitrogens with zero attached hydrogens (tertiary/aromatic N) is 3. The average molecular weight is 451 g/mol. The van der Waals surface area contributed by atoms with Gasteiger partial charge in [-0.3, -0.25) is 4.79 Å². The Hall–Kier alpha value is -3.68. The minimum absolute atomic E-state index is 0.139. The molecule has 8 heteroatoms. The highest BCUT2D eigenvalue weighted by atomic mass is 19.1. The molecule has 7 nitrogen and oxygen atoms in total. The third-order valence-corrected chi connectivity index (χ3v) is 5.68. The van der Waals surface area contributed by atoms with Crippen molar-refractivity contribution in [1.29, 1.82) is 0 Å². The Labute approximate surface area is 191 Å². The highest BCUT2D eigenvalue weighted by Crippen LogP contribution is 2.42. The fourth-order valence-corrected chi connectivity index (χ4v) is 3.84. The van der Waals surface area contributed by atoms with Crippen LogP contribution >= 0.6 is 0 Å². The minimum Gasteiger partial charge on any atom is -0.487 e. The third-order valence-electron chi connectivity index (χ3n) is 5.68. The van der Waals surface area contributed by atoms with Gasteiger partial charge in [-0.2, -0.15) is 0 Å². The lowest BCUT2D eigenvalue weighted by Gasteiger charge is -2.19. The molecular weight excluding hydrogens is 425 g/mol. The topological polar surface area (TPSA) is 79.4 Å². The van der Waals surface area contributed by atoms with E-state index in [1.54, 1.807) is 24.7 Å². The maximum Gasteiger partial charge on any atom is 0.207 e. The first-order valence-electron chi connectivity index (χ1n) is 10.8. The van der Waals surface area contributed by atoms with Gasteiger partial charge in [0.1, 0.15) is 17.9 Å². The van der Waals surface area contributed by atoms with Gasteiger partial charge in [-0.15, -0.1) is 0 Å². The van der Waals surface area contributed by atoms with Crippen molar-refractivity contribution in [3.05, 3.63) is 71.9 Å². The zero-order valence-electron chi connectivity index (χ0n) is 18.9. The van der Waals surface area contributed by atoms with Crippen molar-refractivity contribution in [1.82, 2.24) is 14.5 Å². The van der Waals surface area contributed by atoms with E-state index in [9.17, 15) is 9.18 Å². The second kappa shape index (κ2) is 9.85. The van der Waals surface area contributed by atoms with Crippen LogP contribution in [0.25, 0.3) is 11.1 Å². The first-order chi connectivity index (χ1) is 16.0. The summed E-state index contributed by atoms with van der Waals surface area (Å²) in [5.41, 5.74) is 3.17. The Bertz CT molecular complexity index is 1230. The van der Waals surface area contributed by atoms with E-state index in [0.29, 0.717) is 59.9 Å². The first kappa shape index (κ1) is 22.5. The van der Waals surface area contributed by atoms with Crippen molar-refractivity contribution >= 4 is 16.9 Å². The molecule has 4 rings (SSSR count). The number of carbonyl (C=O) groups excluding carboxylic acids is 1. The lowest BCUT2D eigenvalue weighted by molar-refractivity contribution is 0.101. The molecule has 0 saturated heterocycles. The highest BCUT2D eigenvalue weighted by Gasteiger charge is 2.26. The van der Waals surface area contributed by atoms with Crippen molar-refractivity contribution in [2.45, 2.75) is 39.7 Å². The molecule has 0 radical (unpaired) electrons. The first-order valence-corrected chi connectivity index (χ1v) is 10.8. The number of imidazole rings is 1. The number of hydrogen-bond acceptors (Lipinski definition) is 6. The van der Waals surface area contributed by atoms with Gasteiger partial charge >= 0.3 is 0 Å². The summed E-state index contributed by atoms with van der Waals surface area (Å²) < 4.78 is 33.0. The molecule has 2 aromatic carbocycles. The summed E-state index contributed by atoms with van der Waals surface area (Å²) in [6.07, 6.45) is 7.26. The summed E-state index contributed by atoms with van der Waals surface area (Å²) in [4.78, 5) is 20.9. The number of rotatable bonds is 10. The van der Waals surface area contributed by atoms with Crippen LogP contribution in [0, 0.1) is 12.7 Å². The molecule has 0 aliphatic rings. The fraction of sp³-hybridized carbons (Fsp3) is 0.320. The second-order valence-electron chi connectivity index (χ2n) is 7.98. The van der Waals surface area contributed by atoms with Crippen molar-refractivity contribution in [2.24, 2.45) is 0 Å². The normalized spacial score (nSPS) is 12.1. The summed E-state index contributed by atoms with van der Waals surface area (Å²) in [5.74, 6) is 0.483. The lowest BCUT2D eigenvalue weighted by atomic mass is 9.98. The van der Waals surface area contributed by atoms with Crippen LogP contribution in [-0.4, -0.2) is 33.5 Å². The van der Waals surface area contributed by atoms with E-state index >= 15 is 0 Å². The Balaban J connectivity index is 1.59. The number of carbonyl (C=O) groups is 1. The zero-order chi connectivity index (χ0) is 23.4. The zero-order valence-corrected chi connectivity index (χ0v) is 18.9. The van der Waals surface area contributed by atoms with Crippen molar-refractivity contribution in [3.8, 4) is 11.5 Å². The summed E-state index contributed by atoms with van der Waals surface area (Å²) in [6.45, 7) is 6.61. The number of halogens is 1. The van der Waals surface area contributed by atoms with E-state index in [-0.39, 0.29) is 17.5 Å². The minimum atomic E-state index is -0.260. The molecular formula is C25H26FN3O4. The number of aryl methyl sites for hydroxylation is 1. The summed E-state index contributed by atoms with van der Waals surface area (Å²) in [5, 5.41) is 0. The monoisotopic (exact) mass is 451 g/mol. The van der Waals surface area contributed by atoms with Crippen LogP contribution in [0.15, 0.2) is 53.8 Å². The van der Waals surface area contributed by atoms with E-state index in [4.69, 9.17) is 13.9 Å². The van der Waals surface area contributed by atoms with Gasteiger partial charge in [0.2, 0.25) is 11.3 Å². The van der Waals surface area contributed by atoms with Gasteiger partial charge in [-0.1, -0.05) is 19.1 Å². The number of fused-ring (bicyclic) bond motifs is 1. The molecule has 0 amide bonds. The smallest absolute Gasteiger partial charge is 0.207 e. The molecule has 0 bridgehead atoms. The second-order valence-corrected chi connectivity index (χ2v) is 7.98. The van der Waals surface area contributed by atoms with Gasteiger partial charge in [0.05, 0.1) is 25.0 Å². The maximum atomic E-state index is 13.2. The number of aromatic nitrogens is 3. The van der Waals surface area contributed by atoms with E-state index in [0.717, 1.165) is 5.56 Å². The molecule has 0 aliphatic heterocycles. The molecule has 2 heterocycles. The van der Waals surface area contributed by atoms with Gasteiger partial charge in [0.15, 0.2) is 17.9 Å². The van der Waals surface area contributed by atoms with Gasteiger partial charge in [-0.25, -0.2) is 14.4 Å². The fourth-order valence-electron chi connectivity index (χ4n) is 3.84. The Morgan fingerprint density at radius 2 is 1.94 bits per heavy atom. The highest BCUT2D eigenvalue weighted by molar-refractivity contribution is 6.04. The quantitative estimate of drug-likeness (QED) is 0.303. The van der Waals surface area contributed by atoms with Crippen LogP contribution < -0.4 is 9.47 Å². The van der Waals surface area contributed by atoms with Gasteiger partial charge in [-0.05, 0) is 49.4 Å². The summed E-state index contributed by atoms with van der Waals surface area (Å²) in [6, 6.07) is 6.46. The number of benzene rings is 2. The summed E-state index contributed by atoms with van der Waals surface area (Å²) in [7, 11) is 0. The van der Waals surface area contributed by atoms with Crippen molar-refractivity contribution in [2.75, 3.05) is 13.2 Å². The molecule has 1 atom stereocenters. The molecule has 4 aromatic rings. The molecule has 0 aliphatic carbocycles. The van der Waals surface area contributed by atoms with Crippen LogP contribution in [0.2, 0.25) is 0 Å². The molecule has 1 unspecified atom stereocenters. The van der Waals surface area contributed by atoms with E-state index in [2.05, 4.69) is 16.9 Å². The molecule has 0 fully saturated rings. The standard InChI is InChI=1S/C25H26FN3O4/c1-16(19-4-6-20(26)7-5-19)8-12-31-25-23(32-13-11-29-10-9-27-14-29)21(18(3)30)17(2)22-24(25)33-15-28-22/h4-7,9-10,14-16H,8,11-13H2,1-3H3. The van der Waals surface area contributed by atoms with Crippen LogP contribution in [0.4, 0.5) is 4.39 Å². The Kier molecular flexibility index (Phi) is 6.72. The van der Waals surface area contributed by atoms with Crippen LogP contribution in [0.5, 0.6) is 11.5 Å². The largest absolute Gasteiger partial charge is 0.487 e. The Morgan fingerprint density at radius 1 is 1.18 bits per heavy atom. The van der Waals surface area contributed by atoms with Crippen LogP contribution in [0.1, 0.15) is 47.7 Å². The number of hydrogen-bond donors (Lipinski definition) is 0. The molecule has 172 valence electrons. The van der Waals surface area contributed by atoms with Crippen molar-refractivity contribution < 1.29 is 23.1 Å². The molecule has 2 aromatic heterocycles.